The van der Waals surface area contributed by atoms with E-state index < -0.39 is 0 Å². The molecule has 1 N–H and O–H groups in total. The van der Waals surface area contributed by atoms with Crippen LogP contribution in [0.1, 0.15) is 38.2 Å². The van der Waals surface area contributed by atoms with Crippen LogP contribution in [0, 0.1) is 0 Å². The number of nitrogens with one attached hydrogen (secondary N) is 1. The summed E-state index contributed by atoms with van der Waals surface area (Å²) < 4.78 is 12.3. The maximum atomic E-state index is 13.1. The zero-order valence-electron chi connectivity index (χ0n) is 19.4. The van der Waals surface area contributed by atoms with Crippen molar-refractivity contribution in [1.82, 2.24) is 14.9 Å². The molecular formula is C25H31N3O4S. The molecule has 8 heteroatoms. The predicted octanol–water partition coefficient (Wildman–Crippen LogP) is 4.40. The van der Waals surface area contributed by atoms with Crippen molar-refractivity contribution in [3.8, 4) is 11.5 Å². The Labute approximate surface area is 198 Å². The van der Waals surface area contributed by atoms with Gasteiger partial charge in [0.25, 0.3) is 5.56 Å². The third-order valence-electron chi connectivity index (χ3n) is 5.33. The van der Waals surface area contributed by atoms with Gasteiger partial charge in [0.05, 0.1) is 30.9 Å². The number of unbranched alkanes of at least 4 members (excludes halogenated alkanes) is 3. The molecule has 0 radical (unpaired) electrons. The van der Waals surface area contributed by atoms with E-state index >= 15 is 0 Å². The number of hydrogen-bond acceptors (Lipinski definition) is 6. The van der Waals surface area contributed by atoms with E-state index in [2.05, 4.69) is 17.2 Å². The smallest absolute Gasteiger partial charge is 0.262 e. The molecule has 0 atom stereocenters. The van der Waals surface area contributed by atoms with Crippen LogP contribution >= 0.6 is 11.8 Å². The topological polar surface area (TPSA) is 82.5 Å². The number of rotatable bonds is 12. The highest BCUT2D eigenvalue weighted by molar-refractivity contribution is 7.99. The summed E-state index contributed by atoms with van der Waals surface area (Å²) in [6.07, 6.45) is 4.24. The minimum absolute atomic E-state index is 0.0506. The summed E-state index contributed by atoms with van der Waals surface area (Å²) in [7, 11) is 3.16. The van der Waals surface area contributed by atoms with Crippen molar-refractivity contribution in [2.75, 3.05) is 20.0 Å². The third-order valence-corrected chi connectivity index (χ3v) is 6.31. The van der Waals surface area contributed by atoms with E-state index in [-0.39, 0.29) is 17.2 Å². The minimum Gasteiger partial charge on any atom is -0.493 e. The van der Waals surface area contributed by atoms with E-state index in [1.807, 2.05) is 36.4 Å². The third kappa shape index (κ3) is 6.51. The van der Waals surface area contributed by atoms with Crippen LogP contribution < -0.4 is 20.3 Å². The van der Waals surface area contributed by atoms with Gasteiger partial charge in [0, 0.05) is 13.1 Å². The van der Waals surface area contributed by atoms with Crippen molar-refractivity contribution < 1.29 is 14.3 Å². The Morgan fingerprint density at radius 2 is 1.85 bits per heavy atom. The number of carbonyl (C=O) groups excluding carboxylic acids is 1. The number of aromatic nitrogens is 2. The van der Waals surface area contributed by atoms with Gasteiger partial charge in [-0.1, -0.05) is 56.1 Å². The minimum atomic E-state index is -0.130. The van der Waals surface area contributed by atoms with Gasteiger partial charge in [-0.3, -0.25) is 14.2 Å². The molecule has 0 bridgehead atoms. The molecule has 0 aliphatic carbocycles. The lowest BCUT2D eigenvalue weighted by Gasteiger charge is -2.13. The Bertz CT molecular complexity index is 1150. The first-order valence-corrected chi connectivity index (χ1v) is 12.2. The average Bonchev–Trinajstić information content (AvgIpc) is 2.85. The van der Waals surface area contributed by atoms with E-state index in [0.717, 1.165) is 31.2 Å². The van der Waals surface area contributed by atoms with Gasteiger partial charge in [0.2, 0.25) is 5.91 Å². The summed E-state index contributed by atoms with van der Waals surface area (Å²) in [5.41, 5.74) is 1.51. The second-order valence-electron chi connectivity index (χ2n) is 7.68. The molecule has 176 valence electrons. The highest BCUT2D eigenvalue weighted by Crippen LogP contribution is 2.27. The van der Waals surface area contributed by atoms with Gasteiger partial charge in [0.1, 0.15) is 0 Å². The predicted molar refractivity (Wildman–Crippen MR) is 132 cm³/mol. The van der Waals surface area contributed by atoms with Gasteiger partial charge in [-0.15, -0.1) is 0 Å². The first-order chi connectivity index (χ1) is 16.1. The molecule has 0 saturated heterocycles. The Morgan fingerprint density at radius 3 is 2.61 bits per heavy atom. The van der Waals surface area contributed by atoms with Crippen LogP contribution in [-0.4, -0.2) is 35.4 Å². The maximum absolute atomic E-state index is 13.1. The number of benzene rings is 2. The van der Waals surface area contributed by atoms with Crippen molar-refractivity contribution >= 4 is 28.6 Å². The van der Waals surface area contributed by atoms with Crippen LogP contribution in [0.4, 0.5) is 0 Å². The average molecular weight is 470 g/mol. The maximum Gasteiger partial charge on any atom is 0.262 e. The fraction of sp³-hybridized carbons (Fsp3) is 0.400. The van der Waals surface area contributed by atoms with Gasteiger partial charge in [-0.05, 0) is 36.2 Å². The van der Waals surface area contributed by atoms with Gasteiger partial charge in [0.15, 0.2) is 16.7 Å². The lowest BCUT2D eigenvalue weighted by atomic mass is 10.2. The fourth-order valence-corrected chi connectivity index (χ4v) is 4.38. The summed E-state index contributed by atoms with van der Waals surface area (Å²) in [4.78, 5) is 30.3. The second-order valence-corrected chi connectivity index (χ2v) is 8.63. The molecule has 2 aromatic carbocycles. The molecule has 1 heterocycles. The Kier molecular flexibility index (Phi) is 9.18. The molecule has 1 aromatic heterocycles. The number of amides is 1. The SMILES string of the molecule is CCCCCCn1c(SCC(=O)NCc2ccc(OC)c(OC)c2)nc2ccccc2c1=O. The molecule has 0 aliphatic rings. The normalized spacial score (nSPS) is 10.9. The van der Waals surface area contributed by atoms with Gasteiger partial charge in [-0.2, -0.15) is 0 Å². The zero-order chi connectivity index (χ0) is 23.6. The molecule has 3 aromatic rings. The van der Waals surface area contributed by atoms with Crippen molar-refractivity contribution in [3.05, 3.63) is 58.4 Å². The Morgan fingerprint density at radius 1 is 1.06 bits per heavy atom. The van der Waals surface area contributed by atoms with Gasteiger partial charge >= 0.3 is 0 Å². The molecule has 1 amide bonds. The van der Waals surface area contributed by atoms with E-state index in [0.29, 0.717) is 40.6 Å². The Hall–Kier alpha value is -3.00. The summed E-state index contributed by atoms with van der Waals surface area (Å²) in [6, 6.07) is 12.9. The van der Waals surface area contributed by atoms with Crippen LogP contribution in [0.25, 0.3) is 10.9 Å². The molecule has 33 heavy (non-hydrogen) atoms. The van der Waals surface area contributed by atoms with Crippen molar-refractivity contribution in [1.29, 1.82) is 0 Å². The first-order valence-electron chi connectivity index (χ1n) is 11.2. The summed E-state index contributed by atoms with van der Waals surface area (Å²) in [6.45, 7) is 3.13. The van der Waals surface area contributed by atoms with E-state index in [4.69, 9.17) is 9.47 Å². The molecule has 0 aliphatic heterocycles. The number of hydrogen-bond donors (Lipinski definition) is 1. The zero-order valence-corrected chi connectivity index (χ0v) is 20.2. The molecule has 0 spiro atoms. The van der Waals surface area contributed by atoms with E-state index in [1.54, 1.807) is 24.9 Å². The second kappa shape index (κ2) is 12.3. The van der Waals surface area contributed by atoms with Crippen molar-refractivity contribution in [2.45, 2.75) is 50.9 Å². The van der Waals surface area contributed by atoms with Crippen LogP contribution in [0.5, 0.6) is 11.5 Å². The molecule has 0 saturated carbocycles. The Balaban J connectivity index is 1.68. The standard InChI is InChI=1S/C25H31N3O4S/c1-4-5-6-9-14-28-24(30)19-10-7-8-11-20(19)27-25(28)33-17-23(29)26-16-18-12-13-21(31-2)22(15-18)32-3/h7-8,10-13,15H,4-6,9,14,16-17H2,1-3H3,(H,26,29). The van der Waals surface area contributed by atoms with Crippen molar-refractivity contribution in [3.63, 3.8) is 0 Å². The molecule has 7 nitrogen and oxygen atoms in total. The highest BCUT2D eigenvalue weighted by atomic mass is 32.2. The number of thioether (sulfide) groups is 1. The summed E-state index contributed by atoms with van der Waals surface area (Å²) in [5.74, 6) is 1.30. The van der Waals surface area contributed by atoms with Crippen LogP contribution in [0.3, 0.4) is 0 Å². The number of carbonyl (C=O) groups is 1. The molecular weight excluding hydrogens is 438 g/mol. The van der Waals surface area contributed by atoms with Crippen LogP contribution in [0.2, 0.25) is 0 Å². The molecule has 0 unspecified atom stereocenters. The highest BCUT2D eigenvalue weighted by Gasteiger charge is 2.13. The lowest BCUT2D eigenvalue weighted by Crippen LogP contribution is -2.27. The number of methoxy groups -OCH3 is 2. The number of ether oxygens (including phenoxy) is 2. The van der Waals surface area contributed by atoms with Crippen molar-refractivity contribution in [2.24, 2.45) is 0 Å². The molecule has 0 fully saturated rings. The van der Waals surface area contributed by atoms with E-state index in [9.17, 15) is 9.59 Å². The summed E-state index contributed by atoms with van der Waals surface area (Å²) >= 11 is 1.29. The van der Waals surface area contributed by atoms with E-state index in [1.165, 1.54) is 11.8 Å². The lowest BCUT2D eigenvalue weighted by molar-refractivity contribution is -0.118. The fourth-order valence-electron chi connectivity index (χ4n) is 3.52. The van der Waals surface area contributed by atoms with Crippen LogP contribution in [0.15, 0.2) is 52.4 Å². The number of para-hydroxylation sites is 1. The largest absolute Gasteiger partial charge is 0.493 e. The monoisotopic (exact) mass is 469 g/mol. The number of fused-ring (bicyclic) bond motifs is 1. The number of nitrogens with zero attached hydrogens (tertiary/aromatic N) is 2. The quantitative estimate of drug-likeness (QED) is 0.240. The van der Waals surface area contributed by atoms with Gasteiger partial charge in [-0.25, -0.2) is 4.98 Å². The van der Waals surface area contributed by atoms with Gasteiger partial charge < -0.3 is 14.8 Å². The van der Waals surface area contributed by atoms with Crippen LogP contribution in [-0.2, 0) is 17.9 Å². The molecule has 3 rings (SSSR count). The first kappa shape index (κ1) is 24.6. The summed E-state index contributed by atoms with van der Waals surface area (Å²) in [5, 5.41) is 4.10.